The zero-order valence-corrected chi connectivity index (χ0v) is 17.6. The molecule has 0 unspecified atom stereocenters. The first-order valence-electron chi connectivity index (χ1n) is 9.49. The maximum atomic E-state index is 13.2. The number of anilines is 1. The lowest BCUT2D eigenvalue weighted by Crippen LogP contribution is -2.34. The molecule has 3 rings (SSSR count). The minimum absolute atomic E-state index is 0.00795. The van der Waals surface area contributed by atoms with Crippen molar-refractivity contribution in [2.45, 2.75) is 26.7 Å². The van der Waals surface area contributed by atoms with Crippen LogP contribution in [0, 0.1) is 11.7 Å². The lowest BCUT2D eigenvalue weighted by molar-refractivity contribution is -0.118. The summed E-state index contributed by atoms with van der Waals surface area (Å²) in [6.07, 6.45) is 0.930. The first-order valence-corrected chi connectivity index (χ1v) is 10.3. The fourth-order valence-electron chi connectivity index (χ4n) is 2.97. The number of carbonyl (C=O) groups is 1. The quantitative estimate of drug-likeness (QED) is 0.523. The molecule has 0 N–H and O–H groups in total. The summed E-state index contributed by atoms with van der Waals surface area (Å²) >= 11 is 1.34. The fourth-order valence-corrected chi connectivity index (χ4v) is 3.85. The lowest BCUT2D eigenvalue weighted by Gasteiger charge is -2.21. The van der Waals surface area contributed by atoms with Crippen molar-refractivity contribution in [2.75, 3.05) is 18.6 Å². The van der Waals surface area contributed by atoms with Gasteiger partial charge >= 0.3 is 0 Å². The molecule has 3 aromatic rings. The highest BCUT2D eigenvalue weighted by atomic mass is 32.1. The molecular formula is C22H24FN3O2S. The number of aryl methyl sites for hydroxylation is 1. The normalized spacial score (nSPS) is 10.9. The van der Waals surface area contributed by atoms with Gasteiger partial charge < -0.3 is 4.74 Å². The van der Waals surface area contributed by atoms with E-state index in [4.69, 9.17) is 4.74 Å². The zero-order valence-electron chi connectivity index (χ0n) is 16.8. The third-order valence-electron chi connectivity index (χ3n) is 4.39. The van der Waals surface area contributed by atoms with Gasteiger partial charge in [0.05, 0.1) is 7.11 Å². The number of benzene rings is 2. The maximum Gasteiger partial charge on any atom is 0.229 e. The molecule has 7 heteroatoms. The van der Waals surface area contributed by atoms with Crippen LogP contribution in [-0.4, -0.2) is 29.8 Å². The molecule has 29 heavy (non-hydrogen) atoms. The summed E-state index contributed by atoms with van der Waals surface area (Å²) in [5.74, 6) is 0.756. The molecule has 0 aliphatic heterocycles. The van der Waals surface area contributed by atoms with Gasteiger partial charge in [0.25, 0.3) is 0 Å². The van der Waals surface area contributed by atoms with Crippen molar-refractivity contribution in [3.05, 3.63) is 59.9 Å². The highest BCUT2D eigenvalue weighted by Gasteiger charge is 2.22. The lowest BCUT2D eigenvalue weighted by atomic mass is 10.1. The number of ether oxygens (including phenoxy) is 1. The predicted octanol–water partition coefficient (Wildman–Crippen LogP) is 4.97. The van der Waals surface area contributed by atoms with Crippen molar-refractivity contribution in [1.29, 1.82) is 0 Å². The van der Waals surface area contributed by atoms with Gasteiger partial charge in [0.1, 0.15) is 16.6 Å². The summed E-state index contributed by atoms with van der Waals surface area (Å²) in [6.45, 7) is 4.67. The van der Waals surface area contributed by atoms with Gasteiger partial charge in [-0.3, -0.25) is 9.69 Å². The number of rotatable bonds is 8. The van der Waals surface area contributed by atoms with Gasteiger partial charge in [-0.1, -0.05) is 43.4 Å². The molecule has 1 aromatic heterocycles. The van der Waals surface area contributed by atoms with Crippen LogP contribution in [0.1, 0.15) is 25.8 Å². The summed E-state index contributed by atoms with van der Waals surface area (Å²) in [6, 6.07) is 13.8. The molecule has 1 heterocycles. The van der Waals surface area contributed by atoms with Gasteiger partial charge in [-0.05, 0) is 48.2 Å². The van der Waals surface area contributed by atoms with E-state index in [9.17, 15) is 9.18 Å². The van der Waals surface area contributed by atoms with Crippen LogP contribution in [0.5, 0.6) is 5.75 Å². The van der Waals surface area contributed by atoms with Crippen molar-refractivity contribution in [3.63, 3.8) is 0 Å². The Morgan fingerprint density at radius 2 is 1.86 bits per heavy atom. The Morgan fingerprint density at radius 1 is 1.14 bits per heavy atom. The van der Waals surface area contributed by atoms with Gasteiger partial charge in [0.15, 0.2) is 0 Å². The molecule has 0 aliphatic rings. The Kier molecular flexibility index (Phi) is 6.93. The molecule has 0 atom stereocenters. The van der Waals surface area contributed by atoms with Crippen molar-refractivity contribution in [2.24, 2.45) is 5.92 Å². The Balaban J connectivity index is 1.77. The fraction of sp³-hybridized carbons (Fsp3) is 0.318. The Labute approximate surface area is 174 Å². The second-order valence-electron chi connectivity index (χ2n) is 7.11. The Bertz CT molecular complexity index is 957. The topological polar surface area (TPSA) is 55.3 Å². The molecule has 0 bridgehead atoms. The van der Waals surface area contributed by atoms with Crippen molar-refractivity contribution < 1.29 is 13.9 Å². The molecule has 2 aromatic carbocycles. The van der Waals surface area contributed by atoms with Crippen molar-refractivity contribution in [3.8, 4) is 16.3 Å². The number of aromatic nitrogens is 2. The Morgan fingerprint density at radius 3 is 2.55 bits per heavy atom. The molecule has 152 valence electrons. The van der Waals surface area contributed by atoms with E-state index in [-0.39, 0.29) is 17.6 Å². The molecule has 0 fully saturated rings. The molecule has 1 amide bonds. The van der Waals surface area contributed by atoms with Crippen LogP contribution < -0.4 is 9.64 Å². The highest BCUT2D eigenvalue weighted by molar-refractivity contribution is 7.18. The number of halogens is 1. The second kappa shape index (κ2) is 9.60. The molecule has 5 nitrogen and oxygen atoms in total. The van der Waals surface area contributed by atoms with E-state index < -0.39 is 0 Å². The molecular weight excluding hydrogens is 389 g/mol. The third kappa shape index (κ3) is 5.38. The standard InChI is InChI=1S/C22H24FN3O2S/c1-15(2)14-26(20(27)13-10-16-6-4-5-7-19(16)28-3)22-25-24-21(29-22)17-8-11-18(23)12-9-17/h4-9,11-12,15H,10,13-14H2,1-3H3. The van der Waals surface area contributed by atoms with E-state index in [0.29, 0.717) is 29.5 Å². The number of hydrogen-bond donors (Lipinski definition) is 0. The van der Waals surface area contributed by atoms with E-state index in [1.165, 1.54) is 23.5 Å². The number of para-hydroxylation sites is 1. The van der Waals surface area contributed by atoms with Gasteiger partial charge in [0.2, 0.25) is 11.0 Å². The third-order valence-corrected chi connectivity index (χ3v) is 5.38. The number of methoxy groups -OCH3 is 1. The zero-order chi connectivity index (χ0) is 20.8. The Hall–Kier alpha value is -2.80. The number of amides is 1. The molecule has 0 radical (unpaired) electrons. The van der Waals surface area contributed by atoms with Crippen LogP contribution in [0.2, 0.25) is 0 Å². The SMILES string of the molecule is COc1ccccc1CCC(=O)N(CC(C)C)c1nnc(-c2ccc(F)cc2)s1. The second-order valence-corrected chi connectivity index (χ2v) is 8.06. The summed E-state index contributed by atoms with van der Waals surface area (Å²) in [4.78, 5) is 14.7. The van der Waals surface area contributed by atoms with Gasteiger partial charge in [-0.25, -0.2) is 4.39 Å². The summed E-state index contributed by atoms with van der Waals surface area (Å²) < 4.78 is 18.5. The monoisotopic (exact) mass is 413 g/mol. The van der Waals surface area contributed by atoms with Crippen LogP contribution in [0.25, 0.3) is 10.6 Å². The summed E-state index contributed by atoms with van der Waals surface area (Å²) in [5.41, 5.74) is 1.78. The van der Waals surface area contributed by atoms with Crippen LogP contribution in [0.4, 0.5) is 9.52 Å². The molecule has 0 saturated carbocycles. The number of nitrogens with zero attached hydrogens (tertiary/aromatic N) is 3. The van der Waals surface area contributed by atoms with E-state index >= 15 is 0 Å². The van der Waals surface area contributed by atoms with Crippen LogP contribution in [-0.2, 0) is 11.2 Å². The van der Waals surface area contributed by atoms with Crippen molar-refractivity contribution in [1.82, 2.24) is 10.2 Å². The molecule has 0 spiro atoms. The van der Waals surface area contributed by atoms with Gasteiger partial charge in [0, 0.05) is 18.5 Å². The van der Waals surface area contributed by atoms with E-state index in [1.807, 2.05) is 24.3 Å². The van der Waals surface area contributed by atoms with Crippen LogP contribution in [0.15, 0.2) is 48.5 Å². The van der Waals surface area contributed by atoms with Crippen molar-refractivity contribution >= 4 is 22.4 Å². The first-order chi connectivity index (χ1) is 14.0. The molecule has 0 aliphatic carbocycles. The minimum atomic E-state index is -0.300. The van der Waals surface area contributed by atoms with E-state index in [0.717, 1.165) is 16.9 Å². The van der Waals surface area contributed by atoms with Crippen LogP contribution >= 0.6 is 11.3 Å². The van der Waals surface area contributed by atoms with Gasteiger partial charge in [-0.15, -0.1) is 10.2 Å². The summed E-state index contributed by atoms with van der Waals surface area (Å²) in [7, 11) is 1.63. The smallest absolute Gasteiger partial charge is 0.229 e. The maximum absolute atomic E-state index is 13.2. The van der Waals surface area contributed by atoms with Crippen LogP contribution in [0.3, 0.4) is 0 Å². The largest absolute Gasteiger partial charge is 0.496 e. The first kappa shape index (κ1) is 20.9. The molecule has 0 saturated heterocycles. The van der Waals surface area contributed by atoms with E-state index in [1.54, 1.807) is 24.1 Å². The average Bonchev–Trinajstić information content (AvgIpc) is 3.20. The summed E-state index contributed by atoms with van der Waals surface area (Å²) in [5, 5.41) is 9.65. The average molecular weight is 414 g/mol. The van der Waals surface area contributed by atoms with Gasteiger partial charge in [-0.2, -0.15) is 0 Å². The van der Waals surface area contributed by atoms with E-state index in [2.05, 4.69) is 24.0 Å². The minimum Gasteiger partial charge on any atom is -0.496 e. The number of carbonyl (C=O) groups excluding carboxylic acids is 1. The number of hydrogen-bond acceptors (Lipinski definition) is 5. The predicted molar refractivity (Wildman–Crippen MR) is 114 cm³/mol. The highest BCUT2D eigenvalue weighted by Crippen LogP contribution is 2.30.